The van der Waals surface area contributed by atoms with Crippen LogP contribution >= 0.6 is 0 Å². The van der Waals surface area contributed by atoms with E-state index in [0.717, 1.165) is 37.7 Å². The van der Waals surface area contributed by atoms with E-state index < -0.39 is 12.1 Å². The lowest BCUT2D eigenvalue weighted by atomic mass is 9.91. The lowest BCUT2D eigenvalue weighted by Crippen LogP contribution is -2.43. The van der Waals surface area contributed by atoms with Gasteiger partial charge in [-0.05, 0) is 30.7 Å². The molecule has 0 aromatic heterocycles. The molecule has 0 radical (unpaired) electrons. The molecule has 0 bridgehead atoms. The fourth-order valence-corrected chi connectivity index (χ4v) is 5.68. The second kappa shape index (κ2) is 7.91. The summed E-state index contributed by atoms with van der Waals surface area (Å²) in [5.41, 5.74) is 0.810. The van der Waals surface area contributed by atoms with Crippen LogP contribution in [0.1, 0.15) is 44.1 Å². The van der Waals surface area contributed by atoms with Crippen molar-refractivity contribution in [3.05, 3.63) is 35.9 Å². The first-order valence-electron chi connectivity index (χ1n) is 11.0. The summed E-state index contributed by atoms with van der Waals surface area (Å²) in [4.78, 5) is 0. The maximum atomic E-state index is 9.88. The minimum atomic E-state index is -0.450. The molecule has 2 aliphatic carbocycles. The fraction of sp³-hybridized carbons (Fsp3) is 0.739. The Bertz CT molecular complexity index is 690. The number of methoxy groups -OCH3 is 1. The van der Waals surface area contributed by atoms with Gasteiger partial charge in [-0.15, -0.1) is 0 Å². The Morgan fingerprint density at radius 2 is 1.93 bits per heavy atom. The van der Waals surface area contributed by atoms with E-state index in [9.17, 15) is 5.11 Å². The van der Waals surface area contributed by atoms with Crippen molar-refractivity contribution in [2.24, 2.45) is 11.3 Å². The summed E-state index contributed by atoms with van der Waals surface area (Å²) >= 11 is 0. The second-order valence-electron chi connectivity index (χ2n) is 9.02. The number of ether oxygens (including phenoxy) is 5. The molecule has 4 fully saturated rings. The zero-order valence-corrected chi connectivity index (χ0v) is 17.1. The molecule has 29 heavy (non-hydrogen) atoms. The number of hydrogen-bond donors (Lipinski definition) is 1. The molecule has 6 nitrogen and oxygen atoms in total. The quantitative estimate of drug-likeness (QED) is 0.786. The van der Waals surface area contributed by atoms with Crippen LogP contribution in [-0.4, -0.2) is 55.8 Å². The third-order valence-electron chi connectivity index (χ3n) is 7.31. The summed E-state index contributed by atoms with van der Waals surface area (Å²) in [6.07, 6.45) is 5.24. The highest BCUT2D eigenvalue weighted by molar-refractivity contribution is 5.18. The van der Waals surface area contributed by atoms with Crippen molar-refractivity contribution in [1.29, 1.82) is 0 Å². The molecule has 1 aromatic rings. The molecule has 1 N–H and O–H groups in total. The van der Waals surface area contributed by atoms with Crippen LogP contribution in [0.15, 0.2) is 30.3 Å². The van der Waals surface area contributed by atoms with Crippen LogP contribution in [0.2, 0.25) is 0 Å². The monoisotopic (exact) mass is 404 g/mol. The molecule has 2 spiro atoms. The van der Waals surface area contributed by atoms with E-state index in [0.29, 0.717) is 13.2 Å². The summed E-state index contributed by atoms with van der Waals surface area (Å²) in [6.45, 7) is 1.14. The van der Waals surface area contributed by atoms with Crippen LogP contribution in [-0.2, 0) is 30.3 Å². The molecule has 2 heterocycles. The van der Waals surface area contributed by atoms with Crippen molar-refractivity contribution >= 4 is 0 Å². The normalized spacial score (nSPS) is 40.7. The van der Waals surface area contributed by atoms with Crippen LogP contribution in [0, 0.1) is 11.3 Å². The SMILES string of the molecule is CO[C@@H]1O[C@H]([C@H]2COC3(CCCCC3)O2)[C@H](OCc2ccccc2)[C@]12C[C@H]2CO. The smallest absolute Gasteiger partial charge is 0.169 e. The molecule has 0 unspecified atom stereocenters. The average molecular weight is 405 g/mol. The van der Waals surface area contributed by atoms with Crippen LogP contribution in [0.4, 0.5) is 0 Å². The Labute approximate surface area is 172 Å². The predicted octanol–water partition coefficient (Wildman–Crippen LogP) is 3.02. The summed E-state index contributed by atoms with van der Waals surface area (Å²) < 4.78 is 31.3. The Balaban J connectivity index is 1.36. The van der Waals surface area contributed by atoms with Crippen molar-refractivity contribution in [3.8, 4) is 0 Å². The van der Waals surface area contributed by atoms with Crippen molar-refractivity contribution in [3.63, 3.8) is 0 Å². The van der Waals surface area contributed by atoms with E-state index in [2.05, 4.69) is 12.1 Å². The van der Waals surface area contributed by atoms with Gasteiger partial charge >= 0.3 is 0 Å². The zero-order valence-electron chi connectivity index (χ0n) is 17.1. The van der Waals surface area contributed by atoms with Gasteiger partial charge in [-0.2, -0.15) is 0 Å². The highest BCUT2D eigenvalue weighted by Gasteiger charge is 2.72. The predicted molar refractivity (Wildman–Crippen MR) is 105 cm³/mol. The van der Waals surface area contributed by atoms with Gasteiger partial charge in [0.2, 0.25) is 0 Å². The Morgan fingerprint density at radius 3 is 2.62 bits per heavy atom. The number of hydrogen-bond acceptors (Lipinski definition) is 6. The van der Waals surface area contributed by atoms with Gasteiger partial charge in [-0.25, -0.2) is 0 Å². The molecule has 1 aromatic carbocycles. The minimum absolute atomic E-state index is 0.118. The molecule has 2 saturated heterocycles. The highest BCUT2D eigenvalue weighted by atomic mass is 16.8. The molecule has 2 saturated carbocycles. The lowest BCUT2D eigenvalue weighted by Gasteiger charge is -2.33. The van der Waals surface area contributed by atoms with Crippen LogP contribution in [0.25, 0.3) is 0 Å². The maximum Gasteiger partial charge on any atom is 0.169 e. The molecular formula is C23H32O6. The number of benzene rings is 1. The Hall–Kier alpha value is -1.02. The number of aliphatic hydroxyl groups is 1. The molecule has 160 valence electrons. The van der Waals surface area contributed by atoms with E-state index >= 15 is 0 Å². The molecular weight excluding hydrogens is 372 g/mol. The summed E-state index contributed by atoms with van der Waals surface area (Å²) in [5, 5.41) is 9.88. The molecule has 2 aliphatic heterocycles. The molecule has 0 amide bonds. The van der Waals surface area contributed by atoms with Crippen molar-refractivity contribution < 1.29 is 28.8 Å². The van der Waals surface area contributed by atoms with Crippen LogP contribution in [0.3, 0.4) is 0 Å². The number of aliphatic hydroxyl groups excluding tert-OH is 1. The third kappa shape index (κ3) is 3.44. The van der Waals surface area contributed by atoms with Gasteiger partial charge in [0.1, 0.15) is 12.2 Å². The first kappa shape index (κ1) is 19.9. The molecule has 4 aliphatic rings. The summed E-state index contributed by atoms with van der Waals surface area (Å²) in [5.74, 6) is -0.321. The average Bonchev–Trinajstić information content (AvgIpc) is 3.23. The van der Waals surface area contributed by atoms with Gasteiger partial charge in [-0.1, -0.05) is 36.8 Å². The fourth-order valence-electron chi connectivity index (χ4n) is 5.68. The van der Waals surface area contributed by atoms with Gasteiger partial charge in [0.15, 0.2) is 12.1 Å². The molecule has 6 heteroatoms. The second-order valence-corrected chi connectivity index (χ2v) is 9.02. The van der Waals surface area contributed by atoms with Crippen LogP contribution < -0.4 is 0 Å². The number of rotatable bonds is 6. The topological polar surface area (TPSA) is 66.4 Å². The van der Waals surface area contributed by atoms with E-state index in [1.54, 1.807) is 7.11 Å². The van der Waals surface area contributed by atoms with E-state index in [-0.39, 0.29) is 36.3 Å². The van der Waals surface area contributed by atoms with Crippen molar-refractivity contribution in [1.82, 2.24) is 0 Å². The van der Waals surface area contributed by atoms with Crippen molar-refractivity contribution in [2.45, 2.75) is 75.5 Å². The maximum absolute atomic E-state index is 9.88. The minimum Gasteiger partial charge on any atom is -0.396 e. The third-order valence-corrected chi connectivity index (χ3v) is 7.31. The van der Waals surface area contributed by atoms with Gasteiger partial charge in [0.05, 0.1) is 24.7 Å². The van der Waals surface area contributed by atoms with E-state index in [1.807, 2.05) is 18.2 Å². The van der Waals surface area contributed by atoms with Gasteiger partial charge < -0.3 is 28.8 Å². The first-order chi connectivity index (χ1) is 14.2. The van der Waals surface area contributed by atoms with Gasteiger partial charge in [-0.3, -0.25) is 0 Å². The van der Waals surface area contributed by atoms with Gasteiger partial charge in [0.25, 0.3) is 0 Å². The summed E-state index contributed by atoms with van der Waals surface area (Å²) in [6, 6.07) is 10.2. The van der Waals surface area contributed by atoms with E-state index in [4.69, 9.17) is 23.7 Å². The van der Waals surface area contributed by atoms with Gasteiger partial charge in [0, 0.05) is 26.6 Å². The van der Waals surface area contributed by atoms with E-state index in [1.165, 1.54) is 6.42 Å². The molecule has 5 rings (SSSR count). The molecule has 6 atom stereocenters. The largest absolute Gasteiger partial charge is 0.396 e. The lowest BCUT2D eigenvalue weighted by molar-refractivity contribution is -0.211. The van der Waals surface area contributed by atoms with Crippen molar-refractivity contribution in [2.75, 3.05) is 20.3 Å². The zero-order chi connectivity index (χ0) is 19.9. The Morgan fingerprint density at radius 1 is 1.14 bits per heavy atom. The summed E-state index contributed by atoms with van der Waals surface area (Å²) in [7, 11) is 1.67. The highest BCUT2D eigenvalue weighted by Crippen LogP contribution is 2.64. The van der Waals surface area contributed by atoms with Crippen LogP contribution in [0.5, 0.6) is 0 Å². The first-order valence-corrected chi connectivity index (χ1v) is 11.0. The Kier molecular flexibility index (Phi) is 5.43. The standard InChI is InChI=1S/C23H32O6/c1-25-21-23(12-17(23)13-24)20(26-14-16-8-4-2-5-9-16)19(28-21)18-15-27-22(29-18)10-6-3-7-11-22/h2,4-5,8-9,17-21,24H,3,6-7,10-15H2,1H3/t17-,18+,19+,20-,21+,23+/m0/s1.